The first-order chi connectivity index (χ1) is 9.90. The first kappa shape index (κ1) is 14.8. The van der Waals surface area contributed by atoms with Crippen molar-refractivity contribution in [2.45, 2.75) is 6.92 Å². The number of amidine groups is 1. The number of para-hydroxylation sites is 1. The molecule has 0 bridgehead atoms. The van der Waals surface area contributed by atoms with Gasteiger partial charge >= 0.3 is 5.69 Å². The highest BCUT2D eigenvalue weighted by Crippen LogP contribution is 2.36. The summed E-state index contributed by atoms with van der Waals surface area (Å²) in [4.78, 5) is 10.6. The summed E-state index contributed by atoms with van der Waals surface area (Å²) in [5, 5.41) is 19.0. The summed E-state index contributed by atoms with van der Waals surface area (Å²) in [6.45, 7) is 1.69. The minimum absolute atomic E-state index is 0.104. The summed E-state index contributed by atoms with van der Waals surface area (Å²) >= 11 is 5.90. The molecule has 0 heterocycles. The number of nitrogens with zero attached hydrogens (tertiary/aromatic N) is 1. The number of nitrogens with two attached hydrogens (primary N) is 1. The second-order valence-corrected chi connectivity index (χ2v) is 4.77. The van der Waals surface area contributed by atoms with E-state index >= 15 is 0 Å². The van der Waals surface area contributed by atoms with Crippen LogP contribution in [-0.4, -0.2) is 10.8 Å². The molecule has 0 aliphatic carbocycles. The van der Waals surface area contributed by atoms with Crippen molar-refractivity contribution >= 4 is 23.1 Å². The van der Waals surface area contributed by atoms with Crippen molar-refractivity contribution in [3.05, 3.63) is 62.7 Å². The second kappa shape index (κ2) is 5.80. The smallest absolute Gasteiger partial charge is 0.311 e. The zero-order valence-corrected chi connectivity index (χ0v) is 11.8. The molecule has 0 unspecified atom stereocenters. The van der Waals surface area contributed by atoms with Crippen LogP contribution in [0.3, 0.4) is 0 Å². The lowest BCUT2D eigenvalue weighted by Crippen LogP contribution is -2.12. The van der Waals surface area contributed by atoms with Gasteiger partial charge in [0.25, 0.3) is 0 Å². The van der Waals surface area contributed by atoms with E-state index in [1.54, 1.807) is 25.1 Å². The Morgan fingerprint density at radius 2 is 2.10 bits per heavy atom. The first-order valence-electron chi connectivity index (χ1n) is 5.96. The van der Waals surface area contributed by atoms with E-state index in [2.05, 4.69) is 0 Å². The normalized spacial score (nSPS) is 10.2. The van der Waals surface area contributed by atoms with E-state index < -0.39 is 4.92 Å². The highest BCUT2D eigenvalue weighted by atomic mass is 35.5. The molecule has 6 nitrogen and oxygen atoms in total. The minimum atomic E-state index is -0.527. The summed E-state index contributed by atoms with van der Waals surface area (Å²) in [6, 6.07) is 9.18. The molecule has 0 amide bonds. The van der Waals surface area contributed by atoms with Gasteiger partial charge in [-0.3, -0.25) is 15.5 Å². The van der Waals surface area contributed by atoms with Crippen LogP contribution < -0.4 is 10.5 Å². The molecular formula is C14H12ClN3O3. The maximum atomic E-state index is 11.1. The first-order valence-corrected chi connectivity index (χ1v) is 6.33. The van der Waals surface area contributed by atoms with Crippen LogP contribution in [0.25, 0.3) is 0 Å². The Morgan fingerprint density at radius 3 is 2.71 bits per heavy atom. The van der Waals surface area contributed by atoms with Crippen LogP contribution in [0, 0.1) is 22.4 Å². The van der Waals surface area contributed by atoms with Crippen molar-refractivity contribution in [3.8, 4) is 11.5 Å². The molecule has 0 aliphatic heterocycles. The molecule has 0 spiro atoms. The number of rotatable bonds is 4. The van der Waals surface area contributed by atoms with Gasteiger partial charge in [0.2, 0.25) is 5.75 Å². The third-order valence-electron chi connectivity index (χ3n) is 2.83. The number of nitrogen functional groups attached to an aromatic ring is 1. The molecule has 21 heavy (non-hydrogen) atoms. The lowest BCUT2D eigenvalue weighted by Gasteiger charge is -2.12. The molecule has 3 N–H and O–H groups in total. The van der Waals surface area contributed by atoms with Crippen LogP contribution in [-0.2, 0) is 0 Å². The van der Waals surface area contributed by atoms with Crippen molar-refractivity contribution in [2.75, 3.05) is 0 Å². The van der Waals surface area contributed by atoms with Crippen LogP contribution >= 0.6 is 11.6 Å². The maximum absolute atomic E-state index is 11.1. The predicted molar refractivity (Wildman–Crippen MR) is 80.4 cm³/mol. The number of benzene rings is 2. The Balaban J connectivity index is 2.55. The van der Waals surface area contributed by atoms with Crippen LogP contribution in [0.4, 0.5) is 5.69 Å². The number of hydrogen-bond donors (Lipinski definition) is 2. The molecule has 0 fully saturated rings. The Morgan fingerprint density at radius 1 is 1.38 bits per heavy atom. The molecule has 0 saturated heterocycles. The molecule has 0 atom stereocenters. The van der Waals surface area contributed by atoms with Crippen LogP contribution in [0.5, 0.6) is 11.5 Å². The van der Waals surface area contributed by atoms with Gasteiger partial charge in [-0.05, 0) is 24.6 Å². The molecule has 2 rings (SSSR count). The van der Waals surface area contributed by atoms with Crippen molar-refractivity contribution < 1.29 is 9.66 Å². The fourth-order valence-corrected chi connectivity index (χ4v) is 1.99. The molecule has 0 aromatic heterocycles. The number of hydrogen-bond acceptors (Lipinski definition) is 4. The Kier molecular flexibility index (Phi) is 4.09. The molecule has 0 radical (unpaired) electrons. The fourth-order valence-electron chi connectivity index (χ4n) is 1.83. The lowest BCUT2D eigenvalue weighted by molar-refractivity contribution is -0.385. The predicted octanol–water partition coefficient (Wildman–Crippen LogP) is 3.63. The van der Waals surface area contributed by atoms with Gasteiger partial charge in [0.15, 0.2) is 0 Å². The molecule has 0 saturated carbocycles. The van der Waals surface area contributed by atoms with Crippen molar-refractivity contribution in [3.63, 3.8) is 0 Å². The van der Waals surface area contributed by atoms with E-state index in [-0.39, 0.29) is 23.0 Å². The number of ether oxygens (including phenoxy) is 1. The topological polar surface area (TPSA) is 102 Å². The average Bonchev–Trinajstić information content (AvgIpc) is 2.40. The number of nitrogens with one attached hydrogen (secondary N) is 1. The average molecular weight is 306 g/mol. The van der Waals surface area contributed by atoms with E-state index in [0.717, 1.165) is 0 Å². The maximum Gasteiger partial charge on any atom is 0.311 e. The second-order valence-electron chi connectivity index (χ2n) is 4.34. The van der Waals surface area contributed by atoms with Crippen LogP contribution in [0.2, 0.25) is 5.02 Å². The Hall–Kier alpha value is -2.60. The van der Waals surface area contributed by atoms with Crippen LogP contribution in [0.15, 0.2) is 36.4 Å². The van der Waals surface area contributed by atoms with Crippen LogP contribution in [0.1, 0.15) is 11.1 Å². The summed E-state index contributed by atoms with van der Waals surface area (Å²) in [6.07, 6.45) is 0. The molecular weight excluding hydrogens is 294 g/mol. The van der Waals surface area contributed by atoms with Gasteiger partial charge < -0.3 is 10.5 Å². The SMILES string of the molecule is Cc1cccc([N+](=O)[O-])c1Oc1cc(Cl)ccc1C(=N)N. The molecule has 2 aromatic carbocycles. The summed E-state index contributed by atoms with van der Waals surface area (Å²) in [7, 11) is 0. The van der Waals surface area contributed by atoms with Crippen molar-refractivity contribution in [1.29, 1.82) is 5.41 Å². The summed E-state index contributed by atoms with van der Waals surface area (Å²) in [5.74, 6) is 0.0950. The zero-order valence-electron chi connectivity index (χ0n) is 11.1. The molecule has 108 valence electrons. The minimum Gasteiger partial charge on any atom is -0.449 e. The standard InChI is InChI=1S/C14H12ClN3O3/c1-8-3-2-4-11(18(19)20)13(8)21-12-7-9(15)5-6-10(12)14(16)17/h2-7H,1H3,(H3,16,17). The zero-order chi connectivity index (χ0) is 15.6. The highest BCUT2D eigenvalue weighted by Gasteiger charge is 2.19. The number of nitro groups is 1. The molecule has 2 aromatic rings. The van der Waals surface area contributed by atoms with Crippen molar-refractivity contribution in [2.24, 2.45) is 5.73 Å². The third-order valence-corrected chi connectivity index (χ3v) is 3.07. The van der Waals surface area contributed by atoms with Gasteiger partial charge in [0.05, 0.1) is 10.5 Å². The van der Waals surface area contributed by atoms with E-state index in [1.807, 2.05) is 0 Å². The largest absolute Gasteiger partial charge is 0.449 e. The fraction of sp³-hybridized carbons (Fsp3) is 0.0714. The van der Waals surface area contributed by atoms with Gasteiger partial charge in [0, 0.05) is 17.2 Å². The number of aryl methyl sites for hydroxylation is 1. The number of halogens is 1. The third kappa shape index (κ3) is 3.11. The molecule has 7 heteroatoms. The monoisotopic (exact) mass is 305 g/mol. The van der Waals surface area contributed by atoms with E-state index in [9.17, 15) is 10.1 Å². The Bertz CT molecular complexity index is 731. The van der Waals surface area contributed by atoms with Gasteiger partial charge in [-0.1, -0.05) is 23.7 Å². The quantitative estimate of drug-likeness (QED) is 0.389. The van der Waals surface area contributed by atoms with Gasteiger partial charge in [-0.15, -0.1) is 0 Å². The summed E-state index contributed by atoms with van der Waals surface area (Å²) < 4.78 is 5.63. The Labute approximate surface area is 125 Å². The van der Waals surface area contributed by atoms with E-state index in [1.165, 1.54) is 18.2 Å². The lowest BCUT2D eigenvalue weighted by atomic mass is 10.1. The number of nitro benzene ring substituents is 1. The van der Waals surface area contributed by atoms with Gasteiger partial charge in [-0.2, -0.15) is 0 Å². The van der Waals surface area contributed by atoms with E-state index in [0.29, 0.717) is 16.1 Å². The van der Waals surface area contributed by atoms with Gasteiger partial charge in [0.1, 0.15) is 11.6 Å². The summed E-state index contributed by atoms with van der Waals surface area (Å²) in [5.41, 5.74) is 6.23. The highest BCUT2D eigenvalue weighted by molar-refractivity contribution is 6.30. The van der Waals surface area contributed by atoms with Gasteiger partial charge in [-0.25, -0.2) is 0 Å². The molecule has 0 aliphatic rings. The van der Waals surface area contributed by atoms with Crippen molar-refractivity contribution in [1.82, 2.24) is 0 Å². The van der Waals surface area contributed by atoms with E-state index in [4.69, 9.17) is 27.5 Å².